The van der Waals surface area contributed by atoms with Gasteiger partial charge in [0.2, 0.25) is 11.8 Å². The highest BCUT2D eigenvalue weighted by atomic mass is 32.1. The van der Waals surface area contributed by atoms with E-state index < -0.39 is 0 Å². The molecule has 2 aliphatic heterocycles. The van der Waals surface area contributed by atoms with Crippen LogP contribution in [0.1, 0.15) is 47.0 Å². The lowest BCUT2D eigenvalue weighted by Crippen LogP contribution is -2.36. The van der Waals surface area contributed by atoms with Crippen molar-refractivity contribution < 1.29 is 9.59 Å². The fourth-order valence-electron chi connectivity index (χ4n) is 3.82. The summed E-state index contributed by atoms with van der Waals surface area (Å²) in [5, 5.41) is 4.16. The lowest BCUT2D eigenvalue weighted by atomic mass is 10.1. The molecule has 0 spiro atoms. The van der Waals surface area contributed by atoms with Crippen molar-refractivity contribution in [2.24, 2.45) is 0 Å². The van der Waals surface area contributed by atoms with Crippen LogP contribution in [0.5, 0.6) is 0 Å². The van der Waals surface area contributed by atoms with Gasteiger partial charge in [0.25, 0.3) is 0 Å². The van der Waals surface area contributed by atoms with Crippen LogP contribution < -0.4 is 0 Å². The topological polar surface area (TPSA) is 40.6 Å². The van der Waals surface area contributed by atoms with Crippen molar-refractivity contribution in [3.8, 4) is 0 Å². The van der Waals surface area contributed by atoms with Gasteiger partial charge in [-0.3, -0.25) is 9.59 Å². The van der Waals surface area contributed by atoms with E-state index in [-0.39, 0.29) is 17.9 Å². The molecule has 1 saturated heterocycles. The Hall–Kier alpha value is -1.66. The van der Waals surface area contributed by atoms with E-state index in [9.17, 15) is 9.59 Å². The number of fused-ring (bicyclic) bond motifs is 1. The van der Waals surface area contributed by atoms with E-state index in [4.69, 9.17) is 0 Å². The Kier molecular flexibility index (Phi) is 4.90. The Balaban J connectivity index is 1.32. The molecular formula is C19H22N2O2S2. The van der Waals surface area contributed by atoms with E-state index in [2.05, 4.69) is 22.9 Å². The van der Waals surface area contributed by atoms with E-state index in [1.165, 1.54) is 15.3 Å². The number of likely N-dealkylation sites (tertiary alicyclic amines) is 1. The number of hydrogen-bond donors (Lipinski definition) is 0. The second-order valence-electron chi connectivity index (χ2n) is 6.69. The Labute approximate surface area is 156 Å². The van der Waals surface area contributed by atoms with Crippen LogP contribution in [-0.2, 0) is 22.6 Å². The molecule has 0 bridgehead atoms. The Morgan fingerprint density at radius 2 is 1.96 bits per heavy atom. The number of carbonyl (C=O) groups excluding carboxylic acids is 2. The molecule has 4 rings (SSSR count). The summed E-state index contributed by atoms with van der Waals surface area (Å²) in [4.78, 5) is 31.7. The first-order valence-electron chi connectivity index (χ1n) is 8.88. The smallest absolute Gasteiger partial charge is 0.223 e. The van der Waals surface area contributed by atoms with Crippen LogP contribution in [0.2, 0.25) is 0 Å². The van der Waals surface area contributed by atoms with Gasteiger partial charge in [-0.25, -0.2) is 0 Å². The van der Waals surface area contributed by atoms with Gasteiger partial charge in [0.05, 0.1) is 6.04 Å². The SMILES string of the molecule is O=C(CCC(=O)N1CCC[C@H]1c1cccs1)N1CCc2sccc2C1. The van der Waals surface area contributed by atoms with Crippen molar-refractivity contribution in [2.75, 3.05) is 13.1 Å². The fourth-order valence-corrected chi connectivity index (χ4v) is 5.58. The zero-order valence-electron chi connectivity index (χ0n) is 14.1. The van der Waals surface area contributed by atoms with E-state index in [0.717, 1.165) is 32.4 Å². The van der Waals surface area contributed by atoms with E-state index in [0.29, 0.717) is 19.4 Å². The molecule has 6 heteroatoms. The predicted octanol–water partition coefficient (Wildman–Crippen LogP) is 3.84. The van der Waals surface area contributed by atoms with Gasteiger partial charge in [-0.2, -0.15) is 0 Å². The van der Waals surface area contributed by atoms with Gasteiger partial charge in [0.1, 0.15) is 0 Å². The maximum absolute atomic E-state index is 12.7. The van der Waals surface area contributed by atoms with Crippen molar-refractivity contribution >= 4 is 34.5 Å². The van der Waals surface area contributed by atoms with Gasteiger partial charge in [0.15, 0.2) is 0 Å². The van der Waals surface area contributed by atoms with Crippen LogP contribution in [-0.4, -0.2) is 34.7 Å². The first-order chi connectivity index (χ1) is 12.2. The lowest BCUT2D eigenvalue weighted by molar-refractivity contribution is -0.138. The van der Waals surface area contributed by atoms with Crippen molar-refractivity contribution in [3.63, 3.8) is 0 Å². The molecule has 25 heavy (non-hydrogen) atoms. The highest BCUT2D eigenvalue weighted by Gasteiger charge is 2.31. The molecule has 0 N–H and O–H groups in total. The zero-order valence-corrected chi connectivity index (χ0v) is 15.8. The Morgan fingerprint density at radius 1 is 1.08 bits per heavy atom. The number of thiophene rings is 2. The lowest BCUT2D eigenvalue weighted by Gasteiger charge is -2.28. The largest absolute Gasteiger partial charge is 0.338 e. The number of amides is 2. The first kappa shape index (κ1) is 16.8. The van der Waals surface area contributed by atoms with Gasteiger partial charge in [0, 0.05) is 42.2 Å². The third kappa shape index (κ3) is 3.51. The summed E-state index contributed by atoms with van der Waals surface area (Å²) in [6.45, 7) is 2.30. The molecule has 1 atom stereocenters. The Morgan fingerprint density at radius 3 is 2.80 bits per heavy atom. The summed E-state index contributed by atoms with van der Waals surface area (Å²) in [6, 6.07) is 6.48. The second-order valence-corrected chi connectivity index (χ2v) is 8.67. The minimum Gasteiger partial charge on any atom is -0.338 e. The number of nitrogens with zero attached hydrogens (tertiary/aromatic N) is 2. The zero-order chi connectivity index (χ0) is 17.2. The molecule has 4 heterocycles. The molecule has 0 aliphatic carbocycles. The van der Waals surface area contributed by atoms with Crippen LogP contribution in [0.4, 0.5) is 0 Å². The number of rotatable bonds is 4. The highest BCUT2D eigenvalue weighted by molar-refractivity contribution is 7.10. The quantitative estimate of drug-likeness (QED) is 0.816. The summed E-state index contributed by atoms with van der Waals surface area (Å²) in [6.07, 6.45) is 3.68. The van der Waals surface area contributed by atoms with Crippen molar-refractivity contribution in [1.29, 1.82) is 0 Å². The minimum atomic E-state index is 0.108. The first-order valence-corrected chi connectivity index (χ1v) is 10.6. The second kappa shape index (κ2) is 7.30. The molecule has 132 valence electrons. The van der Waals surface area contributed by atoms with Gasteiger partial charge in [-0.15, -0.1) is 22.7 Å². The van der Waals surface area contributed by atoms with Crippen molar-refractivity contribution in [2.45, 2.75) is 44.7 Å². The summed E-state index contributed by atoms with van der Waals surface area (Å²) < 4.78 is 0. The third-order valence-corrected chi connectivity index (χ3v) is 7.15. The van der Waals surface area contributed by atoms with Crippen LogP contribution in [0, 0.1) is 0 Å². The van der Waals surface area contributed by atoms with E-state index >= 15 is 0 Å². The Bertz CT molecular complexity index is 753. The van der Waals surface area contributed by atoms with Crippen LogP contribution >= 0.6 is 22.7 Å². The fraction of sp³-hybridized carbons (Fsp3) is 0.474. The number of hydrogen-bond acceptors (Lipinski definition) is 4. The average molecular weight is 375 g/mol. The molecule has 2 aromatic heterocycles. The van der Waals surface area contributed by atoms with Gasteiger partial charge >= 0.3 is 0 Å². The van der Waals surface area contributed by atoms with Gasteiger partial charge < -0.3 is 9.80 Å². The summed E-state index contributed by atoms with van der Waals surface area (Å²) in [5.74, 6) is 0.231. The summed E-state index contributed by atoms with van der Waals surface area (Å²) in [5.41, 5.74) is 1.27. The monoisotopic (exact) mass is 374 g/mol. The normalized spacial score (nSPS) is 19.9. The van der Waals surface area contributed by atoms with Gasteiger partial charge in [-0.05, 0) is 47.7 Å². The average Bonchev–Trinajstić information content (AvgIpc) is 3.38. The highest BCUT2D eigenvalue weighted by Crippen LogP contribution is 2.35. The van der Waals surface area contributed by atoms with Gasteiger partial charge in [-0.1, -0.05) is 6.07 Å². The molecule has 2 amide bonds. The maximum atomic E-state index is 12.7. The molecule has 0 aromatic carbocycles. The molecular weight excluding hydrogens is 352 g/mol. The molecule has 0 saturated carbocycles. The molecule has 0 radical (unpaired) electrons. The summed E-state index contributed by atoms with van der Waals surface area (Å²) in [7, 11) is 0. The molecule has 2 aliphatic rings. The molecule has 4 nitrogen and oxygen atoms in total. The van der Waals surface area contributed by atoms with E-state index in [1.54, 1.807) is 22.7 Å². The molecule has 0 unspecified atom stereocenters. The van der Waals surface area contributed by atoms with Crippen LogP contribution in [0.15, 0.2) is 29.0 Å². The minimum absolute atomic E-state index is 0.108. The standard InChI is InChI=1S/C19H22N2O2S2/c22-18(20-10-7-16-14(13-20)8-12-25-16)5-6-19(23)21-9-1-3-15(21)17-4-2-11-24-17/h2,4,8,11-12,15H,1,3,5-7,9-10,13H2/t15-/m0/s1. The molecule has 2 aromatic rings. The molecule has 1 fully saturated rings. The maximum Gasteiger partial charge on any atom is 0.223 e. The van der Waals surface area contributed by atoms with Crippen LogP contribution in [0.3, 0.4) is 0 Å². The van der Waals surface area contributed by atoms with E-state index in [1.807, 2.05) is 15.9 Å². The number of carbonyl (C=O) groups is 2. The predicted molar refractivity (Wildman–Crippen MR) is 101 cm³/mol. The third-order valence-electron chi connectivity index (χ3n) is 5.16. The summed E-state index contributed by atoms with van der Waals surface area (Å²) >= 11 is 3.49. The van der Waals surface area contributed by atoms with Crippen molar-refractivity contribution in [3.05, 3.63) is 44.3 Å². The van der Waals surface area contributed by atoms with Crippen molar-refractivity contribution in [1.82, 2.24) is 9.80 Å². The van der Waals surface area contributed by atoms with Crippen LogP contribution in [0.25, 0.3) is 0 Å².